The minimum absolute atomic E-state index is 0.0375. The fourth-order valence-electron chi connectivity index (χ4n) is 1.89. The standard InChI is InChI=1S/C17H16N2O2/c1-21-16-8-6-13(7-9-16)10-17(20)19-12-15-4-2-14(11-18)3-5-15/h2-9H,10,12H2,1H3,(H,19,20). The second kappa shape index (κ2) is 7.11. The number of ether oxygens (including phenoxy) is 1. The lowest BCUT2D eigenvalue weighted by Crippen LogP contribution is -2.24. The van der Waals surface area contributed by atoms with E-state index in [9.17, 15) is 4.79 Å². The molecule has 2 rings (SSSR count). The Hall–Kier alpha value is -2.80. The highest BCUT2D eigenvalue weighted by atomic mass is 16.5. The molecule has 0 fully saturated rings. The van der Waals surface area contributed by atoms with Crippen molar-refractivity contribution in [1.29, 1.82) is 5.26 Å². The summed E-state index contributed by atoms with van der Waals surface area (Å²) < 4.78 is 5.07. The van der Waals surface area contributed by atoms with Gasteiger partial charge in [-0.25, -0.2) is 0 Å². The van der Waals surface area contributed by atoms with Gasteiger partial charge in [0, 0.05) is 6.54 Å². The summed E-state index contributed by atoms with van der Waals surface area (Å²) in [6, 6.07) is 16.6. The monoisotopic (exact) mass is 280 g/mol. The van der Waals surface area contributed by atoms with Gasteiger partial charge in [0.05, 0.1) is 25.2 Å². The molecule has 0 atom stereocenters. The van der Waals surface area contributed by atoms with Gasteiger partial charge in [0.15, 0.2) is 0 Å². The zero-order valence-corrected chi connectivity index (χ0v) is 11.8. The van der Waals surface area contributed by atoms with E-state index in [0.717, 1.165) is 16.9 Å². The smallest absolute Gasteiger partial charge is 0.224 e. The van der Waals surface area contributed by atoms with Crippen molar-refractivity contribution in [2.24, 2.45) is 0 Å². The number of rotatable bonds is 5. The van der Waals surface area contributed by atoms with Crippen LogP contribution in [0.5, 0.6) is 5.75 Å². The third-order valence-electron chi connectivity index (χ3n) is 3.10. The number of amides is 1. The van der Waals surface area contributed by atoms with E-state index in [1.807, 2.05) is 36.4 Å². The van der Waals surface area contributed by atoms with Gasteiger partial charge in [-0.15, -0.1) is 0 Å². The second-order valence-corrected chi connectivity index (χ2v) is 4.61. The molecular weight excluding hydrogens is 264 g/mol. The molecule has 4 nitrogen and oxygen atoms in total. The van der Waals surface area contributed by atoms with Crippen LogP contribution < -0.4 is 10.1 Å². The number of carbonyl (C=O) groups is 1. The van der Waals surface area contributed by atoms with Crippen LogP contribution in [-0.4, -0.2) is 13.0 Å². The summed E-state index contributed by atoms with van der Waals surface area (Å²) in [5.41, 5.74) is 2.52. The maximum absolute atomic E-state index is 11.9. The van der Waals surface area contributed by atoms with Crippen LogP contribution in [-0.2, 0) is 17.8 Å². The first kappa shape index (κ1) is 14.6. The maximum atomic E-state index is 11.9. The van der Waals surface area contributed by atoms with Gasteiger partial charge in [0.1, 0.15) is 5.75 Å². The third kappa shape index (κ3) is 4.36. The van der Waals surface area contributed by atoms with Crippen LogP contribution in [0.15, 0.2) is 48.5 Å². The molecule has 0 saturated carbocycles. The lowest BCUT2D eigenvalue weighted by molar-refractivity contribution is -0.120. The summed E-state index contributed by atoms with van der Waals surface area (Å²) in [4.78, 5) is 11.9. The predicted molar refractivity (Wildman–Crippen MR) is 79.7 cm³/mol. The highest BCUT2D eigenvalue weighted by molar-refractivity contribution is 5.78. The van der Waals surface area contributed by atoms with Gasteiger partial charge in [0.2, 0.25) is 5.91 Å². The van der Waals surface area contributed by atoms with Crippen LogP contribution in [0, 0.1) is 11.3 Å². The summed E-state index contributed by atoms with van der Waals surface area (Å²) >= 11 is 0. The summed E-state index contributed by atoms with van der Waals surface area (Å²) in [5.74, 6) is 0.737. The normalized spacial score (nSPS) is 9.71. The Labute approximate surface area is 124 Å². The van der Waals surface area contributed by atoms with E-state index >= 15 is 0 Å². The zero-order chi connectivity index (χ0) is 15.1. The number of nitriles is 1. The Morgan fingerprint density at radius 1 is 1.10 bits per heavy atom. The number of carbonyl (C=O) groups excluding carboxylic acids is 1. The molecule has 2 aromatic rings. The Balaban J connectivity index is 1.84. The number of nitrogens with zero attached hydrogens (tertiary/aromatic N) is 1. The van der Waals surface area contributed by atoms with E-state index in [1.165, 1.54) is 0 Å². The first-order chi connectivity index (χ1) is 10.2. The van der Waals surface area contributed by atoms with Gasteiger partial charge in [-0.2, -0.15) is 5.26 Å². The average molecular weight is 280 g/mol. The molecule has 0 aliphatic carbocycles. The Morgan fingerprint density at radius 3 is 2.29 bits per heavy atom. The van der Waals surface area contributed by atoms with E-state index in [4.69, 9.17) is 10.00 Å². The molecule has 0 bridgehead atoms. The second-order valence-electron chi connectivity index (χ2n) is 4.61. The van der Waals surface area contributed by atoms with E-state index in [-0.39, 0.29) is 5.91 Å². The molecule has 0 unspecified atom stereocenters. The number of hydrogen-bond donors (Lipinski definition) is 1. The van der Waals surface area contributed by atoms with Crippen molar-refractivity contribution < 1.29 is 9.53 Å². The molecule has 2 aromatic carbocycles. The van der Waals surface area contributed by atoms with Crippen LogP contribution in [0.1, 0.15) is 16.7 Å². The van der Waals surface area contributed by atoms with Crippen LogP contribution >= 0.6 is 0 Å². The zero-order valence-electron chi connectivity index (χ0n) is 11.8. The molecule has 0 aliphatic rings. The highest BCUT2D eigenvalue weighted by Gasteiger charge is 2.04. The van der Waals surface area contributed by atoms with E-state index in [2.05, 4.69) is 11.4 Å². The maximum Gasteiger partial charge on any atom is 0.224 e. The van der Waals surface area contributed by atoms with Gasteiger partial charge < -0.3 is 10.1 Å². The Bertz CT molecular complexity index is 640. The molecule has 1 amide bonds. The topological polar surface area (TPSA) is 62.1 Å². The molecular formula is C17H16N2O2. The lowest BCUT2D eigenvalue weighted by Gasteiger charge is -2.06. The molecule has 0 saturated heterocycles. The summed E-state index contributed by atoms with van der Waals surface area (Å²) in [6.45, 7) is 0.459. The van der Waals surface area contributed by atoms with E-state index in [0.29, 0.717) is 18.5 Å². The van der Waals surface area contributed by atoms with Crippen LogP contribution in [0.2, 0.25) is 0 Å². The molecule has 21 heavy (non-hydrogen) atoms. The van der Waals surface area contributed by atoms with Crippen LogP contribution in [0.3, 0.4) is 0 Å². The summed E-state index contributed by atoms with van der Waals surface area (Å²) in [5, 5.41) is 11.6. The average Bonchev–Trinajstić information content (AvgIpc) is 2.54. The molecule has 0 aliphatic heterocycles. The molecule has 4 heteroatoms. The Morgan fingerprint density at radius 2 is 1.71 bits per heavy atom. The largest absolute Gasteiger partial charge is 0.497 e. The van der Waals surface area contributed by atoms with E-state index < -0.39 is 0 Å². The fourth-order valence-corrected chi connectivity index (χ4v) is 1.89. The molecule has 0 spiro atoms. The SMILES string of the molecule is COc1ccc(CC(=O)NCc2ccc(C#N)cc2)cc1. The van der Waals surface area contributed by atoms with Gasteiger partial charge in [-0.05, 0) is 35.4 Å². The van der Waals surface area contributed by atoms with Crippen molar-refractivity contribution in [3.05, 3.63) is 65.2 Å². The Kier molecular flexibility index (Phi) is 4.94. The third-order valence-corrected chi connectivity index (χ3v) is 3.10. The van der Waals surface area contributed by atoms with Crippen molar-refractivity contribution in [2.45, 2.75) is 13.0 Å². The molecule has 0 heterocycles. The van der Waals surface area contributed by atoms with Crippen molar-refractivity contribution in [3.63, 3.8) is 0 Å². The molecule has 106 valence electrons. The minimum Gasteiger partial charge on any atom is -0.497 e. The lowest BCUT2D eigenvalue weighted by atomic mass is 10.1. The summed E-state index contributed by atoms with van der Waals surface area (Å²) in [7, 11) is 1.61. The first-order valence-corrected chi connectivity index (χ1v) is 6.60. The van der Waals surface area contributed by atoms with Gasteiger partial charge in [-0.3, -0.25) is 4.79 Å². The van der Waals surface area contributed by atoms with Crippen molar-refractivity contribution >= 4 is 5.91 Å². The molecule has 0 aromatic heterocycles. The van der Waals surface area contributed by atoms with Crippen LogP contribution in [0.4, 0.5) is 0 Å². The molecule has 1 N–H and O–H groups in total. The van der Waals surface area contributed by atoms with E-state index in [1.54, 1.807) is 19.2 Å². The number of hydrogen-bond acceptors (Lipinski definition) is 3. The molecule has 0 radical (unpaired) electrons. The minimum atomic E-state index is -0.0375. The number of benzene rings is 2. The quantitative estimate of drug-likeness (QED) is 0.915. The van der Waals surface area contributed by atoms with Gasteiger partial charge in [-0.1, -0.05) is 24.3 Å². The first-order valence-electron chi connectivity index (χ1n) is 6.60. The van der Waals surface area contributed by atoms with Crippen molar-refractivity contribution in [1.82, 2.24) is 5.32 Å². The van der Waals surface area contributed by atoms with Crippen molar-refractivity contribution in [3.8, 4) is 11.8 Å². The van der Waals surface area contributed by atoms with Gasteiger partial charge >= 0.3 is 0 Å². The number of nitrogens with one attached hydrogen (secondary N) is 1. The summed E-state index contributed by atoms with van der Waals surface area (Å²) in [6.07, 6.45) is 0.334. The number of methoxy groups -OCH3 is 1. The highest BCUT2D eigenvalue weighted by Crippen LogP contribution is 2.11. The van der Waals surface area contributed by atoms with Crippen molar-refractivity contribution in [2.75, 3.05) is 7.11 Å². The van der Waals surface area contributed by atoms with Crippen LogP contribution in [0.25, 0.3) is 0 Å². The predicted octanol–water partition coefficient (Wildman–Crippen LogP) is 2.43. The fraction of sp³-hybridized carbons (Fsp3) is 0.176. The van der Waals surface area contributed by atoms with Gasteiger partial charge in [0.25, 0.3) is 0 Å².